The summed E-state index contributed by atoms with van der Waals surface area (Å²) in [6.07, 6.45) is 1.41. The first-order valence-electron chi connectivity index (χ1n) is 10.2. The van der Waals surface area contributed by atoms with Gasteiger partial charge in [-0.25, -0.2) is 13.8 Å². The minimum atomic E-state index is -0.753. The Kier molecular flexibility index (Phi) is 5.17. The number of carbonyl (C=O) groups is 3. The summed E-state index contributed by atoms with van der Waals surface area (Å²) in [6, 6.07) is 10.4. The van der Waals surface area contributed by atoms with Crippen molar-refractivity contribution in [2.24, 2.45) is 0 Å². The predicted molar refractivity (Wildman–Crippen MR) is 115 cm³/mol. The van der Waals surface area contributed by atoms with Crippen molar-refractivity contribution >= 4 is 29.3 Å². The zero-order chi connectivity index (χ0) is 23.3. The van der Waals surface area contributed by atoms with E-state index in [-0.39, 0.29) is 41.7 Å². The maximum absolute atomic E-state index is 13.8. The van der Waals surface area contributed by atoms with Crippen molar-refractivity contribution in [3.63, 3.8) is 0 Å². The summed E-state index contributed by atoms with van der Waals surface area (Å²) in [5.74, 6) is -2.81. The van der Waals surface area contributed by atoms with Crippen LogP contribution in [-0.2, 0) is 13.0 Å². The van der Waals surface area contributed by atoms with Crippen LogP contribution in [0.3, 0.4) is 0 Å². The van der Waals surface area contributed by atoms with Crippen molar-refractivity contribution in [3.8, 4) is 0 Å². The molecule has 1 atom stereocenters. The molecule has 3 amide bonds. The van der Waals surface area contributed by atoms with Crippen LogP contribution >= 0.6 is 11.6 Å². The third kappa shape index (κ3) is 3.76. The van der Waals surface area contributed by atoms with Crippen molar-refractivity contribution in [2.45, 2.75) is 19.0 Å². The molecular weight excluding hydrogens is 452 g/mol. The van der Waals surface area contributed by atoms with E-state index in [4.69, 9.17) is 11.6 Å². The second-order valence-corrected chi connectivity index (χ2v) is 8.39. The van der Waals surface area contributed by atoms with Crippen molar-refractivity contribution < 1.29 is 23.2 Å². The van der Waals surface area contributed by atoms with Crippen LogP contribution < -0.4 is 0 Å². The number of pyridine rings is 1. The van der Waals surface area contributed by atoms with Crippen LogP contribution in [0.1, 0.15) is 42.2 Å². The summed E-state index contributed by atoms with van der Waals surface area (Å²) in [6.45, 7) is 0.0351. The fourth-order valence-electron chi connectivity index (χ4n) is 4.39. The lowest BCUT2D eigenvalue weighted by atomic mass is 10.0. The van der Waals surface area contributed by atoms with Crippen molar-refractivity contribution in [1.29, 1.82) is 0 Å². The number of carbonyl (C=O) groups excluding carboxylic acids is 3. The molecule has 1 aromatic heterocycles. The minimum Gasteiger partial charge on any atom is -0.329 e. The van der Waals surface area contributed by atoms with E-state index in [2.05, 4.69) is 4.98 Å². The monoisotopic (exact) mass is 467 g/mol. The highest BCUT2D eigenvalue weighted by Gasteiger charge is 2.40. The lowest BCUT2D eigenvalue weighted by molar-refractivity contribution is 0.0527. The van der Waals surface area contributed by atoms with Gasteiger partial charge in [0, 0.05) is 18.8 Å². The maximum atomic E-state index is 13.8. The third-order valence-electron chi connectivity index (χ3n) is 5.89. The Morgan fingerprint density at radius 3 is 2.18 bits per heavy atom. The summed E-state index contributed by atoms with van der Waals surface area (Å²) in [7, 11) is 0. The van der Waals surface area contributed by atoms with Crippen molar-refractivity contribution in [1.82, 2.24) is 14.8 Å². The number of amides is 3. The van der Waals surface area contributed by atoms with E-state index in [9.17, 15) is 23.2 Å². The zero-order valence-electron chi connectivity index (χ0n) is 17.1. The van der Waals surface area contributed by atoms with E-state index in [1.807, 2.05) is 0 Å². The number of fused-ring (bicyclic) bond motifs is 2. The summed E-state index contributed by atoms with van der Waals surface area (Å²) in [5, 5.41) is 0.229. The second-order valence-electron chi connectivity index (χ2n) is 8.00. The minimum absolute atomic E-state index is 0.0307. The Morgan fingerprint density at radius 2 is 1.55 bits per heavy atom. The van der Waals surface area contributed by atoms with Gasteiger partial charge in [-0.3, -0.25) is 19.3 Å². The van der Waals surface area contributed by atoms with Gasteiger partial charge in [-0.05, 0) is 47.9 Å². The van der Waals surface area contributed by atoms with Crippen LogP contribution in [0.5, 0.6) is 0 Å². The SMILES string of the molecule is O=C1c2ccccc2C(=O)N1C[C@@H](Cc1cc(F)cc(F)c1)N1Cc2cc(Cl)ncc2C1=O. The van der Waals surface area contributed by atoms with Gasteiger partial charge in [0.15, 0.2) is 0 Å². The maximum Gasteiger partial charge on any atom is 0.261 e. The molecule has 166 valence electrons. The Labute approximate surface area is 192 Å². The van der Waals surface area contributed by atoms with E-state index in [0.29, 0.717) is 16.7 Å². The standard InChI is InChI=1S/C24H16ClF2N3O3/c25-21-8-14-11-29(24(33)20(14)10-28-21)17(7-13-5-15(26)9-16(27)6-13)12-30-22(31)18-3-1-2-4-19(18)23(30)32/h1-6,8-10,17H,7,11-12H2/t17-/m1/s1. The van der Waals surface area contributed by atoms with Crippen molar-refractivity contribution in [2.75, 3.05) is 6.54 Å². The molecular formula is C24H16ClF2N3O3. The topological polar surface area (TPSA) is 70.6 Å². The van der Waals surface area contributed by atoms with E-state index in [1.165, 1.54) is 23.2 Å². The first kappa shape index (κ1) is 21.2. The fraction of sp³-hybridized carbons (Fsp3) is 0.167. The molecule has 0 N–H and O–H groups in total. The van der Waals surface area contributed by atoms with Crippen LogP contribution in [-0.4, -0.2) is 45.1 Å². The molecule has 2 aromatic carbocycles. The molecule has 2 aliphatic heterocycles. The quantitative estimate of drug-likeness (QED) is 0.422. The second kappa shape index (κ2) is 8.04. The number of aromatic nitrogens is 1. The van der Waals surface area contributed by atoms with Crippen LogP contribution in [0.4, 0.5) is 8.78 Å². The number of rotatable bonds is 5. The molecule has 2 aliphatic rings. The average Bonchev–Trinajstić information content (AvgIpc) is 3.21. The summed E-state index contributed by atoms with van der Waals surface area (Å²) < 4.78 is 27.7. The largest absolute Gasteiger partial charge is 0.329 e. The van der Waals surface area contributed by atoms with Gasteiger partial charge in [-0.15, -0.1) is 0 Å². The number of halogens is 3. The highest BCUT2D eigenvalue weighted by Crippen LogP contribution is 2.30. The summed E-state index contributed by atoms with van der Waals surface area (Å²) in [4.78, 5) is 45.5. The van der Waals surface area contributed by atoms with Gasteiger partial charge >= 0.3 is 0 Å². The third-order valence-corrected chi connectivity index (χ3v) is 6.10. The smallest absolute Gasteiger partial charge is 0.261 e. The van der Waals surface area contributed by atoms with Gasteiger partial charge in [0.1, 0.15) is 16.8 Å². The zero-order valence-corrected chi connectivity index (χ0v) is 17.9. The first-order valence-corrected chi connectivity index (χ1v) is 10.5. The van der Waals surface area contributed by atoms with Gasteiger partial charge in [-0.1, -0.05) is 23.7 Å². The molecule has 3 aromatic rings. The number of benzene rings is 2. The van der Waals surface area contributed by atoms with Crippen LogP contribution in [0.2, 0.25) is 5.15 Å². The van der Waals surface area contributed by atoms with E-state index in [1.54, 1.807) is 30.3 Å². The van der Waals surface area contributed by atoms with E-state index in [0.717, 1.165) is 11.0 Å². The molecule has 3 heterocycles. The number of imide groups is 1. The number of nitrogens with zero attached hydrogens (tertiary/aromatic N) is 3. The molecule has 33 heavy (non-hydrogen) atoms. The molecule has 6 nitrogen and oxygen atoms in total. The molecule has 0 saturated heterocycles. The van der Waals surface area contributed by atoms with Gasteiger partial charge in [0.25, 0.3) is 17.7 Å². The molecule has 0 spiro atoms. The van der Waals surface area contributed by atoms with Crippen LogP contribution in [0.15, 0.2) is 54.7 Å². The van der Waals surface area contributed by atoms with E-state index >= 15 is 0 Å². The summed E-state index contributed by atoms with van der Waals surface area (Å²) in [5.41, 5.74) is 1.87. The van der Waals surface area contributed by atoms with E-state index < -0.39 is 29.5 Å². The highest BCUT2D eigenvalue weighted by molar-refractivity contribution is 6.29. The Balaban J connectivity index is 1.49. The van der Waals surface area contributed by atoms with Crippen LogP contribution in [0, 0.1) is 11.6 Å². The first-order chi connectivity index (χ1) is 15.8. The number of hydrogen-bond acceptors (Lipinski definition) is 4. The van der Waals surface area contributed by atoms with Crippen molar-refractivity contribution in [3.05, 3.63) is 99.3 Å². The molecule has 0 aliphatic carbocycles. The number of hydrogen-bond donors (Lipinski definition) is 0. The highest BCUT2D eigenvalue weighted by atomic mass is 35.5. The lowest BCUT2D eigenvalue weighted by Gasteiger charge is -2.31. The Bertz CT molecular complexity index is 1270. The Morgan fingerprint density at radius 1 is 0.909 bits per heavy atom. The van der Waals surface area contributed by atoms with Crippen LogP contribution in [0.25, 0.3) is 0 Å². The normalized spacial score (nSPS) is 15.8. The summed E-state index contributed by atoms with van der Waals surface area (Å²) >= 11 is 5.97. The average molecular weight is 468 g/mol. The molecule has 9 heteroatoms. The molecule has 0 unspecified atom stereocenters. The van der Waals surface area contributed by atoms with Gasteiger partial charge in [0.2, 0.25) is 0 Å². The van der Waals surface area contributed by atoms with Gasteiger partial charge < -0.3 is 4.90 Å². The van der Waals surface area contributed by atoms with Gasteiger partial charge in [-0.2, -0.15) is 0 Å². The molecule has 0 fully saturated rings. The molecule has 0 saturated carbocycles. The molecule has 0 bridgehead atoms. The lowest BCUT2D eigenvalue weighted by Crippen LogP contribution is -2.47. The Hall–Kier alpha value is -3.65. The fourth-order valence-corrected chi connectivity index (χ4v) is 4.57. The van der Waals surface area contributed by atoms with Gasteiger partial charge in [0.05, 0.1) is 29.3 Å². The predicted octanol–water partition coefficient (Wildman–Crippen LogP) is 3.88. The molecule has 5 rings (SSSR count). The molecule has 0 radical (unpaired) electrons.